The number of rotatable bonds is 12. The molecule has 10 aromatic rings. The van der Waals surface area contributed by atoms with E-state index in [0.717, 1.165) is 24.3 Å². The molecule has 6 aromatic carbocycles. The average molecular weight is 1060 g/mol. The molecule has 0 fully saturated rings. The SMILES string of the molecule is Fc1c(F)c(-c2c3nc(c4ccc([nH]4)c(-c4c(F)c(F)c(NCc5ccccc5)c(F)c4F)c4ccc([nH]4)c(-c4c(F)c(F)c(NCc5ccccc5)c(F)c4F)c4ccc2[nH]4)C=C3)c(F)c(F)c1NCc1ccccc1. The number of fused-ring (bicyclic) bond motifs is 9. The minimum absolute atomic E-state index is 0.0157. The first kappa shape index (κ1) is 49.8. The summed E-state index contributed by atoms with van der Waals surface area (Å²) in [5.41, 5.74) is -10.5. The number of hydrogen-bond donors (Lipinski definition) is 6. The number of anilines is 3. The Labute approximate surface area is 427 Å². The number of H-pyrrole nitrogens is 3. The molecule has 7 nitrogen and oxygen atoms in total. The zero-order chi connectivity index (χ0) is 53.8. The molecule has 1 aliphatic heterocycles. The van der Waals surface area contributed by atoms with Crippen molar-refractivity contribution in [2.75, 3.05) is 16.0 Å². The predicted molar refractivity (Wildman–Crippen MR) is 272 cm³/mol. The van der Waals surface area contributed by atoms with Gasteiger partial charge in [-0.25, -0.2) is 57.7 Å². The highest BCUT2D eigenvalue weighted by molar-refractivity contribution is 6.01. The van der Waals surface area contributed by atoms with Crippen LogP contribution in [0.15, 0.2) is 127 Å². The highest BCUT2D eigenvalue weighted by Crippen LogP contribution is 2.44. The molecule has 386 valence electrons. The van der Waals surface area contributed by atoms with E-state index in [-0.39, 0.29) is 42.1 Å². The second-order valence-corrected chi connectivity index (χ2v) is 17.7. The molecule has 19 heteroatoms. The minimum Gasteiger partial charge on any atom is -0.376 e. The fraction of sp³-hybridized carbons (Fsp3) is 0.0517. The van der Waals surface area contributed by atoms with Gasteiger partial charge >= 0.3 is 0 Å². The van der Waals surface area contributed by atoms with Crippen LogP contribution >= 0.6 is 0 Å². The lowest BCUT2D eigenvalue weighted by Gasteiger charge is -2.15. The lowest BCUT2D eigenvalue weighted by atomic mass is 10.0. The molecule has 0 spiro atoms. The number of hydrogen-bond acceptors (Lipinski definition) is 4. The molecular formula is C58H35F12N7. The van der Waals surface area contributed by atoms with E-state index < -0.39 is 142 Å². The summed E-state index contributed by atoms with van der Waals surface area (Å²) >= 11 is 0. The number of benzene rings is 6. The molecular weight excluding hydrogens is 1020 g/mol. The third-order valence-corrected chi connectivity index (χ3v) is 13.1. The summed E-state index contributed by atoms with van der Waals surface area (Å²) in [6.07, 6.45) is 2.48. The van der Waals surface area contributed by atoms with E-state index in [4.69, 9.17) is 0 Å². The van der Waals surface area contributed by atoms with Gasteiger partial charge in [0, 0.05) is 63.9 Å². The molecule has 8 bridgehead atoms. The van der Waals surface area contributed by atoms with Gasteiger partial charge in [0.05, 0.1) is 33.6 Å². The normalized spacial score (nSPS) is 11.7. The molecule has 6 N–H and O–H groups in total. The van der Waals surface area contributed by atoms with Gasteiger partial charge in [0.15, 0.2) is 69.8 Å². The van der Waals surface area contributed by atoms with Crippen molar-refractivity contribution in [2.45, 2.75) is 19.6 Å². The molecule has 0 saturated carbocycles. The number of nitrogens with zero attached hydrogens (tertiary/aromatic N) is 1. The zero-order valence-electron chi connectivity index (χ0n) is 39.4. The van der Waals surface area contributed by atoms with Gasteiger partial charge < -0.3 is 30.9 Å². The summed E-state index contributed by atoms with van der Waals surface area (Å²) in [5, 5.41) is 7.15. The lowest BCUT2D eigenvalue weighted by Crippen LogP contribution is -2.10. The molecule has 5 heterocycles. The van der Waals surface area contributed by atoms with E-state index in [2.05, 4.69) is 35.9 Å². The van der Waals surface area contributed by atoms with Crippen molar-refractivity contribution >= 4 is 62.3 Å². The van der Waals surface area contributed by atoms with Crippen molar-refractivity contribution in [3.05, 3.63) is 225 Å². The van der Waals surface area contributed by atoms with Crippen LogP contribution in [0.5, 0.6) is 0 Å². The second kappa shape index (κ2) is 20.0. The number of halogens is 12. The van der Waals surface area contributed by atoms with Gasteiger partial charge in [0.25, 0.3) is 0 Å². The number of aromatic nitrogens is 4. The molecule has 0 unspecified atom stereocenters. The highest BCUT2D eigenvalue weighted by atomic mass is 19.2. The fourth-order valence-electron chi connectivity index (χ4n) is 9.32. The topological polar surface area (TPSA) is 96.3 Å². The van der Waals surface area contributed by atoms with Crippen LogP contribution in [0.25, 0.3) is 78.6 Å². The van der Waals surface area contributed by atoms with Crippen molar-refractivity contribution in [3.63, 3.8) is 0 Å². The Balaban J connectivity index is 1.20. The molecule has 4 aromatic heterocycles. The van der Waals surface area contributed by atoms with E-state index in [9.17, 15) is 0 Å². The first-order chi connectivity index (χ1) is 37.2. The van der Waals surface area contributed by atoms with Crippen LogP contribution in [0.2, 0.25) is 0 Å². The molecule has 77 heavy (non-hydrogen) atoms. The van der Waals surface area contributed by atoms with Crippen LogP contribution in [0.1, 0.15) is 28.1 Å². The Kier molecular flexibility index (Phi) is 13.0. The van der Waals surface area contributed by atoms with Gasteiger partial charge in [0.2, 0.25) is 0 Å². The van der Waals surface area contributed by atoms with Crippen molar-refractivity contribution < 1.29 is 52.7 Å². The highest BCUT2D eigenvalue weighted by Gasteiger charge is 2.33. The number of aromatic amines is 3. The predicted octanol–water partition coefficient (Wildman–Crippen LogP) is 16.2. The van der Waals surface area contributed by atoms with Crippen LogP contribution in [0, 0.1) is 69.8 Å². The first-order valence-corrected chi connectivity index (χ1v) is 23.5. The summed E-state index contributed by atoms with van der Waals surface area (Å²) in [6.45, 7) is -0.809. The van der Waals surface area contributed by atoms with Gasteiger partial charge in [-0.2, -0.15) is 0 Å². The van der Waals surface area contributed by atoms with Crippen molar-refractivity contribution in [1.29, 1.82) is 0 Å². The Hall–Kier alpha value is -9.39. The Morgan fingerprint density at radius 1 is 0.273 bits per heavy atom. The maximum Gasteiger partial charge on any atom is 0.185 e. The van der Waals surface area contributed by atoms with Crippen LogP contribution in [0.4, 0.5) is 69.7 Å². The van der Waals surface area contributed by atoms with Crippen molar-refractivity contribution in [3.8, 4) is 33.4 Å². The summed E-state index contributed by atoms with van der Waals surface area (Å²) < 4.78 is 198. The summed E-state index contributed by atoms with van der Waals surface area (Å²) in [6, 6.07) is 31.2. The van der Waals surface area contributed by atoms with E-state index in [1.807, 2.05) is 0 Å². The quantitative estimate of drug-likeness (QED) is 0.0543. The van der Waals surface area contributed by atoms with E-state index >= 15 is 52.7 Å². The third kappa shape index (κ3) is 8.81. The van der Waals surface area contributed by atoms with E-state index in [1.165, 1.54) is 24.3 Å². The summed E-state index contributed by atoms with van der Waals surface area (Å²) in [4.78, 5) is 12.8. The molecule has 1 aliphatic rings. The Bertz CT molecular complexity index is 4050. The monoisotopic (exact) mass is 1060 g/mol. The average Bonchev–Trinajstić information content (AvgIpc) is 4.44. The lowest BCUT2D eigenvalue weighted by molar-refractivity contribution is 0.462. The van der Waals surface area contributed by atoms with Crippen LogP contribution in [-0.2, 0) is 19.6 Å². The molecule has 0 atom stereocenters. The van der Waals surface area contributed by atoms with Gasteiger partial charge in [0.1, 0.15) is 17.1 Å². The van der Waals surface area contributed by atoms with Crippen LogP contribution in [0.3, 0.4) is 0 Å². The molecule has 0 aliphatic carbocycles. The summed E-state index contributed by atoms with van der Waals surface area (Å²) in [7, 11) is 0. The first-order valence-electron chi connectivity index (χ1n) is 23.5. The van der Waals surface area contributed by atoms with Gasteiger partial charge in [-0.05, 0) is 65.2 Å². The summed E-state index contributed by atoms with van der Waals surface area (Å²) in [5.74, 6) is -22.7. The van der Waals surface area contributed by atoms with Gasteiger partial charge in [-0.15, -0.1) is 0 Å². The maximum absolute atomic E-state index is 16.9. The van der Waals surface area contributed by atoms with E-state index in [0.29, 0.717) is 16.7 Å². The maximum atomic E-state index is 16.9. The van der Waals surface area contributed by atoms with Crippen LogP contribution < -0.4 is 16.0 Å². The van der Waals surface area contributed by atoms with E-state index in [1.54, 1.807) is 91.0 Å². The van der Waals surface area contributed by atoms with Crippen molar-refractivity contribution in [2.24, 2.45) is 0 Å². The van der Waals surface area contributed by atoms with Crippen LogP contribution in [-0.4, -0.2) is 19.9 Å². The van der Waals surface area contributed by atoms with Crippen molar-refractivity contribution in [1.82, 2.24) is 19.9 Å². The molecule has 0 amide bonds. The second-order valence-electron chi connectivity index (χ2n) is 17.7. The van der Waals surface area contributed by atoms with Gasteiger partial charge in [-0.1, -0.05) is 91.0 Å². The smallest absolute Gasteiger partial charge is 0.185 e. The van der Waals surface area contributed by atoms with Gasteiger partial charge in [-0.3, -0.25) is 0 Å². The number of nitrogens with one attached hydrogen (secondary N) is 6. The molecule has 0 saturated heterocycles. The zero-order valence-corrected chi connectivity index (χ0v) is 39.4. The standard InChI is InChI=1S/C58H35F12N7/c59-44-41(45(60)51(66)56(50(44)65)71-24-27-10-4-1-5-11-27)38-32-18-16-30(74-32)31-17-19-33(75-31)39(42-46(61)52(67)57(53(68)47(42)62)72-25-28-12-6-2-7-13-28)35-21-23-37(77-35)40(36-22-20-34(38)76-36)43-48(63)54(69)58(55(70)49(43)64)73-26-29-14-8-3-9-15-29/h1-23,71-74,76-77H,24-26H2. The fourth-order valence-corrected chi connectivity index (χ4v) is 9.32. The molecule has 0 radical (unpaired) electrons. The molecule has 11 rings (SSSR count). The largest absolute Gasteiger partial charge is 0.376 e. The minimum atomic E-state index is -1.98. The third-order valence-electron chi connectivity index (χ3n) is 13.1. The Morgan fingerprint density at radius 2 is 0.532 bits per heavy atom. The Morgan fingerprint density at radius 3 is 0.857 bits per heavy atom.